The largest absolute Gasteiger partial charge is 0.456 e. The first kappa shape index (κ1) is 22.3. The Morgan fingerprint density at radius 3 is 2.43 bits per heavy atom. The van der Waals surface area contributed by atoms with Crippen molar-refractivity contribution < 1.29 is 27.1 Å². The topological polar surface area (TPSA) is 80.8 Å². The zero-order valence-corrected chi connectivity index (χ0v) is 17.8. The Morgan fingerprint density at radius 1 is 1.10 bits per heavy atom. The molecule has 0 radical (unpaired) electrons. The zero-order valence-electron chi connectivity index (χ0n) is 16.2. The van der Waals surface area contributed by atoms with Crippen LogP contribution in [0.2, 0.25) is 0 Å². The van der Waals surface area contributed by atoms with E-state index in [0.29, 0.717) is 17.9 Å². The molecule has 1 amide bonds. The van der Waals surface area contributed by atoms with Gasteiger partial charge in [0, 0.05) is 16.3 Å². The lowest BCUT2D eigenvalue weighted by atomic mass is 10.2. The standard InChI is InChI=1S/C21H22FNO5S2/c22-16-6-8-19(9-7-16)29-12-10-21(25)28-14-20(24)23(17-4-2-1-3-5-17)18-11-13-30(26,27)15-18/h1-9,18H,10-15H2. The molecule has 6 nitrogen and oxygen atoms in total. The summed E-state index contributed by atoms with van der Waals surface area (Å²) in [7, 11) is -3.18. The molecule has 1 atom stereocenters. The zero-order chi connectivity index (χ0) is 21.6. The van der Waals surface area contributed by atoms with Crippen LogP contribution in [-0.4, -0.2) is 50.2 Å². The normalized spacial score (nSPS) is 17.4. The van der Waals surface area contributed by atoms with Gasteiger partial charge in [-0.25, -0.2) is 12.8 Å². The Morgan fingerprint density at radius 2 is 1.80 bits per heavy atom. The van der Waals surface area contributed by atoms with Crippen LogP contribution in [0.3, 0.4) is 0 Å². The van der Waals surface area contributed by atoms with Gasteiger partial charge in [-0.05, 0) is 42.8 Å². The third-order valence-corrected chi connectivity index (χ3v) is 7.39. The number of carbonyl (C=O) groups is 2. The number of rotatable bonds is 8. The number of nitrogens with zero attached hydrogens (tertiary/aromatic N) is 1. The highest BCUT2D eigenvalue weighted by Crippen LogP contribution is 2.25. The van der Waals surface area contributed by atoms with E-state index in [0.717, 1.165) is 4.90 Å². The lowest BCUT2D eigenvalue weighted by Crippen LogP contribution is -2.43. The van der Waals surface area contributed by atoms with Crippen LogP contribution < -0.4 is 4.90 Å². The molecule has 0 N–H and O–H groups in total. The average Bonchev–Trinajstić information content (AvgIpc) is 3.08. The molecule has 0 saturated carbocycles. The molecule has 1 aliphatic heterocycles. The van der Waals surface area contributed by atoms with Gasteiger partial charge in [-0.15, -0.1) is 11.8 Å². The number of sulfone groups is 1. The van der Waals surface area contributed by atoms with Crippen LogP contribution in [0, 0.1) is 5.82 Å². The van der Waals surface area contributed by atoms with Crippen molar-refractivity contribution in [3.05, 3.63) is 60.4 Å². The Bertz CT molecular complexity index is 980. The van der Waals surface area contributed by atoms with Crippen molar-refractivity contribution in [3.8, 4) is 0 Å². The van der Waals surface area contributed by atoms with E-state index in [1.165, 1.54) is 28.8 Å². The number of benzene rings is 2. The number of para-hydroxylation sites is 1. The predicted molar refractivity (Wildman–Crippen MR) is 114 cm³/mol. The lowest BCUT2D eigenvalue weighted by Gasteiger charge is -2.28. The molecule has 30 heavy (non-hydrogen) atoms. The third-order valence-electron chi connectivity index (χ3n) is 4.62. The van der Waals surface area contributed by atoms with Gasteiger partial charge in [0.2, 0.25) is 0 Å². The van der Waals surface area contributed by atoms with Gasteiger partial charge in [-0.2, -0.15) is 0 Å². The smallest absolute Gasteiger partial charge is 0.307 e. The van der Waals surface area contributed by atoms with E-state index in [9.17, 15) is 22.4 Å². The maximum absolute atomic E-state index is 12.9. The minimum atomic E-state index is -3.18. The average molecular weight is 452 g/mol. The van der Waals surface area contributed by atoms with Gasteiger partial charge >= 0.3 is 5.97 Å². The number of hydrogen-bond acceptors (Lipinski definition) is 6. The van der Waals surface area contributed by atoms with Crippen LogP contribution in [0.25, 0.3) is 0 Å². The Labute approximate surface area is 179 Å². The SMILES string of the molecule is O=C(CCSc1ccc(F)cc1)OCC(=O)N(c1ccccc1)C1CCS(=O)(=O)C1. The second kappa shape index (κ2) is 10.1. The van der Waals surface area contributed by atoms with Crippen molar-refractivity contribution in [1.29, 1.82) is 0 Å². The number of ether oxygens (including phenoxy) is 1. The highest BCUT2D eigenvalue weighted by Gasteiger charge is 2.35. The number of esters is 1. The fourth-order valence-corrected chi connectivity index (χ4v) is 5.73. The van der Waals surface area contributed by atoms with Gasteiger partial charge in [0.1, 0.15) is 5.82 Å². The summed E-state index contributed by atoms with van der Waals surface area (Å²) >= 11 is 1.39. The molecular weight excluding hydrogens is 429 g/mol. The Balaban J connectivity index is 1.53. The number of carbonyl (C=O) groups excluding carboxylic acids is 2. The van der Waals surface area contributed by atoms with Crippen molar-refractivity contribution in [2.75, 3.05) is 28.8 Å². The summed E-state index contributed by atoms with van der Waals surface area (Å²) in [5, 5.41) is 0. The van der Waals surface area contributed by atoms with Gasteiger partial charge in [-0.3, -0.25) is 9.59 Å². The van der Waals surface area contributed by atoms with E-state index < -0.39 is 34.4 Å². The molecule has 160 valence electrons. The summed E-state index contributed by atoms with van der Waals surface area (Å²) in [5.41, 5.74) is 0.576. The summed E-state index contributed by atoms with van der Waals surface area (Å²) < 4.78 is 41.8. The van der Waals surface area contributed by atoms with Crippen molar-refractivity contribution in [3.63, 3.8) is 0 Å². The Kier molecular flexibility index (Phi) is 7.49. The first-order valence-corrected chi connectivity index (χ1v) is 12.3. The number of thioether (sulfide) groups is 1. The molecule has 1 fully saturated rings. The summed E-state index contributed by atoms with van der Waals surface area (Å²) in [6.07, 6.45) is 0.448. The van der Waals surface area contributed by atoms with Crippen LogP contribution in [-0.2, 0) is 24.2 Å². The molecule has 0 bridgehead atoms. The van der Waals surface area contributed by atoms with Crippen LogP contribution >= 0.6 is 11.8 Å². The molecular formula is C21H22FNO5S2. The molecule has 9 heteroatoms. The van der Waals surface area contributed by atoms with Crippen LogP contribution in [0.5, 0.6) is 0 Å². The molecule has 1 unspecified atom stereocenters. The number of hydrogen-bond donors (Lipinski definition) is 0. The quantitative estimate of drug-likeness (QED) is 0.453. The lowest BCUT2D eigenvalue weighted by molar-refractivity contribution is -0.147. The molecule has 3 rings (SSSR count). The molecule has 1 heterocycles. The van der Waals surface area contributed by atoms with E-state index in [-0.39, 0.29) is 23.7 Å². The summed E-state index contributed by atoms with van der Waals surface area (Å²) in [4.78, 5) is 27.1. The van der Waals surface area contributed by atoms with Crippen LogP contribution in [0.15, 0.2) is 59.5 Å². The molecule has 0 spiro atoms. The number of anilines is 1. The molecule has 1 aliphatic rings. The van der Waals surface area contributed by atoms with Crippen LogP contribution in [0.1, 0.15) is 12.8 Å². The van der Waals surface area contributed by atoms with E-state index in [1.807, 2.05) is 0 Å². The van der Waals surface area contributed by atoms with E-state index in [1.54, 1.807) is 42.5 Å². The minimum absolute atomic E-state index is 0.0364. The highest BCUT2D eigenvalue weighted by atomic mass is 32.2. The van der Waals surface area contributed by atoms with Crippen molar-refractivity contribution in [2.24, 2.45) is 0 Å². The minimum Gasteiger partial charge on any atom is -0.456 e. The van der Waals surface area contributed by atoms with E-state index in [2.05, 4.69) is 0 Å². The third kappa shape index (κ3) is 6.30. The first-order valence-electron chi connectivity index (χ1n) is 9.45. The second-order valence-corrected chi connectivity index (χ2v) is 10.3. The van der Waals surface area contributed by atoms with Gasteiger partial charge in [0.05, 0.1) is 24.0 Å². The second-order valence-electron chi connectivity index (χ2n) is 6.87. The maximum Gasteiger partial charge on any atom is 0.307 e. The van der Waals surface area contributed by atoms with Gasteiger partial charge in [0.15, 0.2) is 16.4 Å². The molecule has 0 aromatic heterocycles. The number of amides is 1. The summed E-state index contributed by atoms with van der Waals surface area (Å²) in [6.45, 7) is -0.453. The first-order chi connectivity index (χ1) is 14.3. The number of halogens is 1. The molecule has 1 saturated heterocycles. The van der Waals surface area contributed by atoms with Crippen LogP contribution in [0.4, 0.5) is 10.1 Å². The molecule has 2 aromatic carbocycles. The van der Waals surface area contributed by atoms with Gasteiger partial charge in [-0.1, -0.05) is 18.2 Å². The monoisotopic (exact) mass is 451 g/mol. The molecule has 2 aromatic rings. The maximum atomic E-state index is 12.9. The van der Waals surface area contributed by atoms with E-state index in [4.69, 9.17) is 4.74 Å². The summed E-state index contributed by atoms with van der Waals surface area (Å²) in [6, 6.07) is 14.3. The van der Waals surface area contributed by atoms with Crippen molar-refractivity contribution in [2.45, 2.75) is 23.8 Å². The predicted octanol–water partition coefficient (Wildman–Crippen LogP) is 3.07. The highest BCUT2D eigenvalue weighted by molar-refractivity contribution is 7.99. The summed E-state index contributed by atoms with van der Waals surface area (Å²) in [5.74, 6) is -0.935. The Hall–Kier alpha value is -2.39. The fourth-order valence-electron chi connectivity index (χ4n) is 3.19. The van der Waals surface area contributed by atoms with Crippen molar-refractivity contribution >= 4 is 39.2 Å². The molecule has 0 aliphatic carbocycles. The van der Waals surface area contributed by atoms with Crippen molar-refractivity contribution in [1.82, 2.24) is 0 Å². The van der Waals surface area contributed by atoms with E-state index >= 15 is 0 Å². The fraction of sp³-hybridized carbons (Fsp3) is 0.333. The van der Waals surface area contributed by atoms with Gasteiger partial charge in [0.25, 0.3) is 5.91 Å². The van der Waals surface area contributed by atoms with Gasteiger partial charge < -0.3 is 9.64 Å².